The fourth-order valence-corrected chi connectivity index (χ4v) is 2.78. The van der Waals surface area contributed by atoms with E-state index in [0.29, 0.717) is 13.1 Å². The molecule has 0 unspecified atom stereocenters. The Hall–Kier alpha value is -1.06. The van der Waals surface area contributed by atoms with Crippen molar-refractivity contribution in [2.75, 3.05) is 13.1 Å². The third-order valence-corrected chi connectivity index (χ3v) is 4.00. The molecule has 2 fully saturated rings. The number of rotatable bonds is 2. The van der Waals surface area contributed by atoms with Crippen LogP contribution in [0.5, 0.6) is 0 Å². The Bertz CT molecular complexity index is 289. The summed E-state index contributed by atoms with van der Waals surface area (Å²) in [6.45, 7) is 0.843. The van der Waals surface area contributed by atoms with Crippen molar-refractivity contribution in [3.63, 3.8) is 0 Å². The summed E-state index contributed by atoms with van der Waals surface area (Å²) in [5, 5.41) is 8.79. The van der Waals surface area contributed by atoms with Crippen molar-refractivity contribution >= 4 is 11.9 Å². The van der Waals surface area contributed by atoms with Crippen LogP contribution in [0, 0.1) is 11.8 Å². The zero-order valence-electron chi connectivity index (χ0n) is 10.2. The summed E-state index contributed by atoms with van der Waals surface area (Å²) in [4.78, 5) is 24.6. The lowest BCUT2D eigenvalue weighted by molar-refractivity contribution is -0.154. The Morgan fingerprint density at radius 1 is 0.882 bits per heavy atom. The lowest BCUT2D eigenvalue weighted by Gasteiger charge is -2.39. The van der Waals surface area contributed by atoms with Gasteiger partial charge in [0.05, 0.1) is 5.92 Å². The van der Waals surface area contributed by atoms with E-state index in [1.807, 2.05) is 0 Å². The summed E-state index contributed by atoms with van der Waals surface area (Å²) in [6, 6.07) is 0. The summed E-state index contributed by atoms with van der Waals surface area (Å²) in [6.07, 6.45) is 8.05. The van der Waals surface area contributed by atoms with Gasteiger partial charge in [-0.25, -0.2) is 0 Å². The van der Waals surface area contributed by atoms with Crippen molar-refractivity contribution in [2.45, 2.75) is 44.9 Å². The number of nitrogens with zero attached hydrogens (tertiary/aromatic N) is 1. The molecule has 2 rings (SSSR count). The van der Waals surface area contributed by atoms with E-state index in [4.69, 9.17) is 5.11 Å². The topological polar surface area (TPSA) is 57.6 Å². The average Bonchev–Trinajstić information content (AvgIpc) is 2.13. The van der Waals surface area contributed by atoms with Gasteiger partial charge in [-0.05, 0) is 12.8 Å². The highest BCUT2D eigenvalue weighted by Gasteiger charge is 2.37. The molecular weight excluding hydrogens is 218 g/mol. The van der Waals surface area contributed by atoms with Crippen LogP contribution in [0.4, 0.5) is 0 Å². The van der Waals surface area contributed by atoms with Gasteiger partial charge in [0.15, 0.2) is 0 Å². The molecule has 1 amide bonds. The van der Waals surface area contributed by atoms with Crippen molar-refractivity contribution < 1.29 is 14.7 Å². The molecule has 96 valence electrons. The Morgan fingerprint density at radius 2 is 1.41 bits per heavy atom. The van der Waals surface area contributed by atoms with Gasteiger partial charge >= 0.3 is 5.97 Å². The van der Waals surface area contributed by atoms with E-state index >= 15 is 0 Å². The third kappa shape index (κ3) is 2.99. The van der Waals surface area contributed by atoms with E-state index in [2.05, 4.69) is 0 Å². The Labute approximate surface area is 102 Å². The molecule has 4 nitrogen and oxygen atoms in total. The van der Waals surface area contributed by atoms with Crippen LogP contribution in [-0.4, -0.2) is 35.0 Å². The Kier molecular flexibility index (Phi) is 4.02. The first-order chi connectivity index (χ1) is 8.18. The van der Waals surface area contributed by atoms with E-state index in [9.17, 15) is 9.59 Å². The standard InChI is InChI=1S/C13H21NO3/c15-12(14-8-11(9-14)13(16)17)10-6-4-2-1-3-5-7-10/h10-11H,1-9H2,(H,16,17). The fraction of sp³-hybridized carbons (Fsp3) is 0.846. The minimum absolute atomic E-state index is 0.157. The van der Waals surface area contributed by atoms with E-state index in [1.165, 1.54) is 19.3 Å². The quantitative estimate of drug-likeness (QED) is 0.800. The lowest BCUT2D eigenvalue weighted by atomic mass is 9.88. The molecule has 0 aromatic carbocycles. The zero-order valence-corrected chi connectivity index (χ0v) is 10.2. The maximum atomic E-state index is 12.1. The first-order valence-corrected chi connectivity index (χ1v) is 6.70. The molecule has 4 heteroatoms. The Morgan fingerprint density at radius 3 is 1.94 bits per heavy atom. The SMILES string of the molecule is O=C(O)C1CN(C(=O)C2CCCCCCC2)C1. The molecule has 0 bridgehead atoms. The number of hydrogen-bond donors (Lipinski definition) is 1. The molecule has 1 saturated heterocycles. The van der Waals surface area contributed by atoms with Crippen LogP contribution in [-0.2, 0) is 9.59 Å². The second kappa shape index (κ2) is 5.52. The number of carboxylic acids is 1. The van der Waals surface area contributed by atoms with Crippen LogP contribution >= 0.6 is 0 Å². The predicted octanol–water partition coefficient (Wildman–Crippen LogP) is 1.89. The molecule has 1 N–H and O–H groups in total. The number of likely N-dealkylation sites (tertiary alicyclic amines) is 1. The summed E-state index contributed by atoms with van der Waals surface area (Å²) in [7, 11) is 0. The highest BCUT2D eigenvalue weighted by atomic mass is 16.4. The normalized spacial score (nSPS) is 23.6. The van der Waals surface area contributed by atoms with Crippen LogP contribution in [0.1, 0.15) is 44.9 Å². The van der Waals surface area contributed by atoms with Crippen molar-refractivity contribution in [1.29, 1.82) is 0 Å². The van der Waals surface area contributed by atoms with Crippen LogP contribution < -0.4 is 0 Å². The third-order valence-electron chi connectivity index (χ3n) is 4.00. The number of aliphatic carboxylic acids is 1. The molecule has 0 atom stereocenters. The smallest absolute Gasteiger partial charge is 0.310 e. The number of carbonyl (C=O) groups is 2. The monoisotopic (exact) mass is 239 g/mol. The van der Waals surface area contributed by atoms with E-state index in [0.717, 1.165) is 25.7 Å². The van der Waals surface area contributed by atoms with Crippen LogP contribution in [0.25, 0.3) is 0 Å². The molecule has 17 heavy (non-hydrogen) atoms. The number of hydrogen-bond acceptors (Lipinski definition) is 2. The highest BCUT2D eigenvalue weighted by molar-refractivity contribution is 5.82. The van der Waals surface area contributed by atoms with Gasteiger partial charge in [-0.3, -0.25) is 9.59 Å². The van der Waals surface area contributed by atoms with E-state index in [1.54, 1.807) is 4.90 Å². The van der Waals surface area contributed by atoms with Gasteiger partial charge in [0, 0.05) is 19.0 Å². The molecule has 1 aliphatic heterocycles. The summed E-state index contributed by atoms with van der Waals surface area (Å²) in [5.74, 6) is -0.742. The Balaban J connectivity index is 1.81. The van der Waals surface area contributed by atoms with Crippen molar-refractivity contribution in [1.82, 2.24) is 4.90 Å². The van der Waals surface area contributed by atoms with Crippen molar-refractivity contribution in [2.24, 2.45) is 11.8 Å². The summed E-state index contributed by atoms with van der Waals surface area (Å²) < 4.78 is 0. The second-order valence-electron chi connectivity index (χ2n) is 5.32. The first kappa shape index (κ1) is 12.4. The first-order valence-electron chi connectivity index (χ1n) is 6.70. The largest absolute Gasteiger partial charge is 0.481 e. The van der Waals surface area contributed by atoms with Gasteiger partial charge < -0.3 is 10.0 Å². The van der Waals surface area contributed by atoms with E-state index < -0.39 is 5.97 Å². The predicted molar refractivity (Wildman–Crippen MR) is 63.5 cm³/mol. The molecular formula is C13H21NO3. The number of carbonyl (C=O) groups excluding carboxylic acids is 1. The van der Waals surface area contributed by atoms with Gasteiger partial charge in [0.25, 0.3) is 0 Å². The fourth-order valence-electron chi connectivity index (χ4n) is 2.78. The summed E-state index contributed by atoms with van der Waals surface area (Å²) >= 11 is 0. The van der Waals surface area contributed by atoms with Gasteiger partial charge in [-0.15, -0.1) is 0 Å². The van der Waals surface area contributed by atoms with Gasteiger partial charge in [0.2, 0.25) is 5.91 Å². The van der Waals surface area contributed by atoms with Crippen LogP contribution in [0.3, 0.4) is 0 Å². The van der Waals surface area contributed by atoms with E-state index in [-0.39, 0.29) is 17.7 Å². The maximum Gasteiger partial charge on any atom is 0.310 e. The maximum absolute atomic E-state index is 12.1. The van der Waals surface area contributed by atoms with Crippen LogP contribution in [0.2, 0.25) is 0 Å². The molecule has 1 heterocycles. The second-order valence-corrected chi connectivity index (χ2v) is 5.32. The molecule has 0 spiro atoms. The molecule has 1 saturated carbocycles. The molecule has 0 aromatic heterocycles. The molecule has 2 aliphatic rings. The van der Waals surface area contributed by atoms with Crippen molar-refractivity contribution in [3.05, 3.63) is 0 Å². The van der Waals surface area contributed by atoms with Crippen molar-refractivity contribution in [3.8, 4) is 0 Å². The average molecular weight is 239 g/mol. The van der Waals surface area contributed by atoms with Gasteiger partial charge in [-0.2, -0.15) is 0 Å². The van der Waals surface area contributed by atoms with Gasteiger partial charge in [0.1, 0.15) is 0 Å². The zero-order chi connectivity index (χ0) is 12.3. The van der Waals surface area contributed by atoms with Gasteiger partial charge in [-0.1, -0.05) is 32.1 Å². The summed E-state index contributed by atoms with van der Waals surface area (Å²) in [5.41, 5.74) is 0. The van der Waals surface area contributed by atoms with Crippen LogP contribution in [0.15, 0.2) is 0 Å². The number of carboxylic acid groups (broad SMARTS) is 1. The molecule has 0 aromatic rings. The molecule has 0 radical (unpaired) electrons. The minimum atomic E-state index is -0.772. The minimum Gasteiger partial charge on any atom is -0.481 e. The lowest BCUT2D eigenvalue weighted by Crippen LogP contribution is -2.54. The molecule has 1 aliphatic carbocycles. The number of amides is 1. The highest BCUT2D eigenvalue weighted by Crippen LogP contribution is 2.27.